The summed E-state index contributed by atoms with van der Waals surface area (Å²) in [5, 5.41) is 11.2. The van der Waals surface area contributed by atoms with E-state index >= 15 is 0 Å². The summed E-state index contributed by atoms with van der Waals surface area (Å²) >= 11 is 0. The van der Waals surface area contributed by atoms with Crippen molar-refractivity contribution in [2.24, 2.45) is 5.92 Å². The van der Waals surface area contributed by atoms with E-state index in [1.54, 1.807) is 4.90 Å². The van der Waals surface area contributed by atoms with Gasteiger partial charge in [-0.2, -0.15) is 0 Å². The Labute approximate surface area is 149 Å². The van der Waals surface area contributed by atoms with Gasteiger partial charge in [-0.3, -0.25) is 4.90 Å². The third-order valence-corrected chi connectivity index (χ3v) is 3.23. The molecule has 1 fully saturated rings. The molecule has 0 bridgehead atoms. The second kappa shape index (κ2) is 8.36. The first-order valence-electron chi connectivity index (χ1n) is 7.04. The smallest absolute Gasteiger partial charge is 0.548 e. The number of piperazine rings is 1. The largest absolute Gasteiger partial charge is 1.00 e. The number of hydrogen-bond donors (Lipinski definition) is 0. The van der Waals surface area contributed by atoms with Crippen molar-refractivity contribution in [1.29, 1.82) is 0 Å². The molecule has 1 aliphatic rings. The molecule has 1 heterocycles. The molecule has 0 spiro atoms. The van der Waals surface area contributed by atoms with E-state index in [1.807, 2.05) is 39.5 Å². The van der Waals surface area contributed by atoms with Crippen molar-refractivity contribution in [2.75, 3.05) is 26.2 Å². The minimum atomic E-state index is -1.05. The Morgan fingerprint density at radius 3 is 1.90 bits per heavy atom. The summed E-state index contributed by atoms with van der Waals surface area (Å²) in [5.74, 6) is -1.07. The first-order chi connectivity index (χ1) is 9.11. The van der Waals surface area contributed by atoms with Crippen molar-refractivity contribution in [1.82, 2.24) is 9.80 Å². The summed E-state index contributed by atoms with van der Waals surface area (Å²) in [5.41, 5.74) is -0.514. The summed E-state index contributed by atoms with van der Waals surface area (Å²) < 4.78 is 5.31. The van der Waals surface area contributed by atoms with Crippen LogP contribution >= 0.6 is 0 Å². The Morgan fingerprint density at radius 2 is 1.57 bits per heavy atom. The summed E-state index contributed by atoms with van der Waals surface area (Å²) in [6.45, 7) is 11.2. The molecule has 1 saturated heterocycles. The zero-order chi connectivity index (χ0) is 15.5. The Balaban J connectivity index is 0.00000400. The Kier molecular flexibility index (Phi) is 8.24. The molecule has 0 saturated carbocycles. The maximum atomic E-state index is 11.9. The molecule has 7 heteroatoms. The number of carboxylic acid groups (broad SMARTS) is 1. The molecule has 0 aromatic heterocycles. The van der Waals surface area contributed by atoms with Crippen LogP contribution in [-0.4, -0.2) is 59.7 Å². The zero-order valence-electron chi connectivity index (χ0n) is 14.0. The van der Waals surface area contributed by atoms with E-state index in [-0.39, 0.29) is 41.6 Å². The van der Waals surface area contributed by atoms with Crippen LogP contribution < -0.4 is 34.7 Å². The van der Waals surface area contributed by atoms with Gasteiger partial charge in [0.1, 0.15) is 5.60 Å². The minimum absolute atomic E-state index is 0. The molecule has 0 aromatic carbocycles. The third kappa shape index (κ3) is 6.55. The van der Waals surface area contributed by atoms with Gasteiger partial charge in [-0.1, -0.05) is 13.8 Å². The van der Waals surface area contributed by atoms with E-state index in [2.05, 4.69) is 0 Å². The van der Waals surface area contributed by atoms with E-state index in [9.17, 15) is 14.7 Å². The van der Waals surface area contributed by atoms with Gasteiger partial charge in [0.25, 0.3) is 0 Å². The Bertz CT molecular complexity index is 360. The van der Waals surface area contributed by atoms with Crippen LogP contribution in [0.2, 0.25) is 0 Å². The topological polar surface area (TPSA) is 72.9 Å². The molecule has 116 valence electrons. The molecule has 6 nitrogen and oxygen atoms in total. The van der Waals surface area contributed by atoms with Crippen LogP contribution in [0.5, 0.6) is 0 Å². The predicted molar refractivity (Wildman–Crippen MR) is 73.0 cm³/mol. The molecule has 21 heavy (non-hydrogen) atoms. The third-order valence-electron chi connectivity index (χ3n) is 3.23. The van der Waals surface area contributed by atoms with Crippen LogP contribution in [0.3, 0.4) is 0 Å². The second-order valence-corrected chi connectivity index (χ2v) is 6.51. The van der Waals surface area contributed by atoms with E-state index < -0.39 is 17.6 Å². The number of carboxylic acids is 1. The van der Waals surface area contributed by atoms with Crippen molar-refractivity contribution in [3.8, 4) is 0 Å². The fourth-order valence-corrected chi connectivity index (χ4v) is 2.35. The van der Waals surface area contributed by atoms with Crippen molar-refractivity contribution in [3.05, 3.63) is 0 Å². The number of hydrogen-bond acceptors (Lipinski definition) is 5. The Hall–Kier alpha value is -0.300. The molecule has 0 aliphatic carbocycles. The fourth-order valence-electron chi connectivity index (χ4n) is 2.35. The van der Waals surface area contributed by atoms with Crippen LogP contribution in [0, 0.1) is 5.92 Å². The van der Waals surface area contributed by atoms with Gasteiger partial charge >= 0.3 is 35.7 Å². The van der Waals surface area contributed by atoms with Crippen molar-refractivity contribution in [2.45, 2.75) is 46.3 Å². The number of nitrogens with zero attached hydrogens (tertiary/aromatic N) is 2. The monoisotopic (exact) mass is 308 g/mol. The summed E-state index contributed by atoms with van der Waals surface area (Å²) in [4.78, 5) is 26.6. The van der Waals surface area contributed by atoms with Crippen LogP contribution in [0.15, 0.2) is 0 Å². The normalized spacial score (nSPS) is 18.1. The molecular weight excluding hydrogens is 283 g/mol. The summed E-state index contributed by atoms with van der Waals surface area (Å²) in [6, 6.07) is -0.601. The van der Waals surface area contributed by atoms with Crippen molar-refractivity contribution < 1.29 is 49.0 Å². The zero-order valence-corrected chi connectivity index (χ0v) is 16.0. The summed E-state index contributed by atoms with van der Waals surface area (Å²) in [7, 11) is 0. The number of amides is 1. The van der Waals surface area contributed by atoms with Crippen LogP contribution in [0.4, 0.5) is 4.79 Å². The first kappa shape index (κ1) is 20.7. The van der Waals surface area contributed by atoms with Gasteiger partial charge in [-0.25, -0.2) is 4.79 Å². The van der Waals surface area contributed by atoms with Gasteiger partial charge in [0.15, 0.2) is 0 Å². The molecule has 1 unspecified atom stereocenters. The fraction of sp³-hybridized carbons (Fsp3) is 0.857. The average Bonchev–Trinajstić information content (AvgIpc) is 2.26. The second-order valence-electron chi connectivity index (χ2n) is 6.51. The van der Waals surface area contributed by atoms with E-state index in [1.165, 1.54) is 0 Å². The Morgan fingerprint density at radius 1 is 1.10 bits per heavy atom. The molecule has 1 aliphatic heterocycles. The maximum Gasteiger partial charge on any atom is 1.00 e. The number of carbonyl (C=O) groups excluding carboxylic acids is 2. The number of rotatable bonds is 3. The average molecular weight is 308 g/mol. The van der Waals surface area contributed by atoms with Crippen molar-refractivity contribution >= 4 is 12.1 Å². The molecule has 0 aromatic rings. The molecule has 1 rings (SSSR count). The SMILES string of the molecule is CC(C)C(C(=O)[O-])N1CCN(C(=O)OC(C)(C)C)CC1.[Na+]. The van der Waals surface area contributed by atoms with E-state index in [0.717, 1.165) is 0 Å². The van der Waals surface area contributed by atoms with Gasteiger partial charge in [-0.05, 0) is 26.7 Å². The van der Waals surface area contributed by atoms with Gasteiger partial charge in [0.05, 0.1) is 12.0 Å². The first-order valence-corrected chi connectivity index (χ1v) is 7.04. The predicted octanol–water partition coefficient (Wildman–Crippen LogP) is -2.68. The van der Waals surface area contributed by atoms with E-state index in [0.29, 0.717) is 26.2 Å². The van der Waals surface area contributed by atoms with Crippen LogP contribution in [0.25, 0.3) is 0 Å². The van der Waals surface area contributed by atoms with Gasteiger partial charge in [0, 0.05) is 26.2 Å². The van der Waals surface area contributed by atoms with Gasteiger partial charge in [-0.15, -0.1) is 0 Å². The standard InChI is InChI=1S/C14H26N2O4.Na/c1-10(2)11(12(17)18)15-6-8-16(9-7-15)13(19)20-14(3,4)5;/h10-11H,6-9H2,1-5H3,(H,17,18);/q;+1/p-1. The van der Waals surface area contributed by atoms with Crippen LogP contribution in [0.1, 0.15) is 34.6 Å². The molecule has 0 radical (unpaired) electrons. The van der Waals surface area contributed by atoms with Crippen LogP contribution in [-0.2, 0) is 9.53 Å². The molecule has 0 N–H and O–H groups in total. The van der Waals surface area contributed by atoms with E-state index in [4.69, 9.17) is 4.74 Å². The molecule has 1 atom stereocenters. The quantitative estimate of drug-likeness (QED) is 0.531. The van der Waals surface area contributed by atoms with Gasteiger partial charge in [0.2, 0.25) is 0 Å². The molecule has 1 amide bonds. The van der Waals surface area contributed by atoms with Gasteiger partial charge < -0.3 is 19.5 Å². The minimum Gasteiger partial charge on any atom is -0.548 e. The number of ether oxygens (including phenoxy) is 1. The molecular formula is C14H25N2NaO4. The maximum absolute atomic E-state index is 11.9. The number of carbonyl (C=O) groups is 2. The summed E-state index contributed by atoms with van der Waals surface area (Å²) in [6.07, 6.45) is -0.341. The number of aliphatic carboxylic acids is 1. The van der Waals surface area contributed by atoms with Crippen molar-refractivity contribution in [3.63, 3.8) is 0 Å².